The van der Waals surface area contributed by atoms with E-state index in [1.165, 1.54) is 11.3 Å². The van der Waals surface area contributed by atoms with Crippen LogP contribution in [0.3, 0.4) is 0 Å². The zero-order chi connectivity index (χ0) is 30.2. The van der Waals surface area contributed by atoms with Crippen molar-refractivity contribution in [1.82, 2.24) is 24.8 Å². The Labute approximate surface area is 253 Å². The Kier molecular flexibility index (Phi) is 8.43. The monoisotopic (exact) mass is 646 g/mol. The molecule has 228 valence electrons. The van der Waals surface area contributed by atoms with Crippen molar-refractivity contribution in [2.24, 2.45) is 5.41 Å². The van der Waals surface area contributed by atoms with Gasteiger partial charge in [0.1, 0.15) is 5.01 Å². The maximum Gasteiger partial charge on any atom is 0.254 e. The normalized spacial score (nSPS) is 18.3. The number of thiazole rings is 1. The molecule has 2 aromatic heterocycles. The topological polar surface area (TPSA) is 177 Å². The molecule has 2 aliphatic heterocycles. The third kappa shape index (κ3) is 6.55. The molecule has 13 nitrogen and oxygen atoms in total. The first-order valence-electron chi connectivity index (χ1n) is 13.4. The van der Waals surface area contributed by atoms with E-state index in [-0.39, 0.29) is 35.0 Å². The highest BCUT2D eigenvalue weighted by molar-refractivity contribution is 7.92. The Morgan fingerprint density at radius 2 is 1.84 bits per heavy atom. The number of carbonyl (C=O) groups is 1. The Bertz CT molecular complexity index is 1760. The van der Waals surface area contributed by atoms with Crippen LogP contribution in [0.15, 0.2) is 46.9 Å². The van der Waals surface area contributed by atoms with Gasteiger partial charge in [0.25, 0.3) is 5.91 Å². The van der Waals surface area contributed by atoms with Gasteiger partial charge in [0.2, 0.25) is 11.8 Å². The number of fused-ring (bicyclic) bond motifs is 1. The van der Waals surface area contributed by atoms with Crippen molar-refractivity contribution in [1.29, 1.82) is 0 Å². The molecule has 0 saturated carbocycles. The number of amides is 1. The zero-order valence-corrected chi connectivity index (χ0v) is 25.5. The van der Waals surface area contributed by atoms with Gasteiger partial charge in [0.15, 0.2) is 15.1 Å². The predicted molar refractivity (Wildman–Crippen MR) is 156 cm³/mol. The molecule has 2 aromatic carbocycles. The smallest absolute Gasteiger partial charge is 0.254 e. The molecule has 2 unspecified atom stereocenters. The Balaban J connectivity index is 1.30. The van der Waals surface area contributed by atoms with E-state index in [0.29, 0.717) is 50.6 Å². The SMILES string of the molecule is CC1(CS(=O)(=O)C(c2nnc(CNS(=O)[O-])o2)c2nc3ccc(-c4ccc(C(=O)N5CCOCC5)cc4)cc3s2)COC1. The highest BCUT2D eigenvalue weighted by Crippen LogP contribution is 2.40. The zero-order valence-electron chi connectivity index (χ0n) is 23.1. The van der Waals surface area contributed by atoms with E-state index >= 15 is 0 Å². The molecule has 6 rings (SSSR count). The summed E-state index contributed by atoms with van der Waals surface area (Å²) in [4.78, 5) is 19.2. The lowest BCUT2D eigenvalue weighted by Gasteiger charge is -2.38. The standard InChI is InChI=1S/C27H29N5O8S3/c1-27(14-39-15-27)16-43(36,37)23(24-31-30-22(40-24)13-28-42(34)35)25-29-20-7-6-19(12-21(20)41-25)17-2-4-18(5-3-17)26(33)32-8-10-38-11-9-32/h2-7,12,23,28H,8-11,13-16H2,1H3,(H,34,35)/p-1. The van der Waals surface area contributed by atoms with E-state index in [4.69, 9.17) is 13.9 Å². The van der Waals surface area contributed by atoms with Crippen LogP contribution in [0.25, 0.3) is 21.3 Å². The number of morpholine rings is 1. The Morgan fingerprint density at radius 3 is 2.51 bits per heavy atom. The lowest BCUT2D eigenvalue weighted by atomic mass is 9.92. The molecule has 2 fully saturated rings. The molecular weight excluding hydrogens is 619 g/mol. The minimum atomic E-state index is -3.91. The highest BCUT2D eigenvalue weighted by Gasteiger charge is 2.45. The lowest BCUT2D eigenvalue weighted by molar-refractivity contribution is -0.0870. The minimum Gasteiger partial charge on any atom is -0.760 e. The number of hydrogen-bond donors (Lipinski definition) is 1. The molecule has 0 bridgehead atoms. The van der Waals surface area contributed by atoms with Crippen LogP contribution >= 0.6 is 11.3 Å². The molecule has 4 heterocycles. The van der Waals surface area contributed by atoms with Crippen LogP contribution in [-0.2, 0) is 37.1 Å². The van der Waals surface area contributed by atoms with Crippen LogP contribution in [-0.4, -0.2) is 88.4 Å². The summed E-state index contributed by atoms with van der Waals surface area (Å²) in [6.07, 6.45) is 0. The fourth-order valence-corrected chi connectivity index (χ4v) is 8.94. The van der Waals surface area contributed by atoms with E-state index in [1.54, 1.807) is 17.0 Å². The molecule has 0 aliphatic carbocycles. The molecule has 1 amide bonds. The van der Waals surface area contributed by atoms with E-state index in [0.717, 1.165) is 15.8 Å². The van der Waals surface area contributed by atoms with Crippen molar-refractivity contribution in [2.45, 2.75) is 18.7 Å². The number of aromatic nitrogens is 3. The summed E-state index contributed by atoms with van der Waals surface area (Å²) in [5.41, 5.74) is 2.41. The van der Waals surface area contributed by atoms with E-state index in [1.807, 2.05) is 37.3 Å². The van der Waals surface area contributed by atoms with Gasteiger partial charge in [-0.15, -0.1) is 21.5 Å². The minimum absolute atomic E-state index is 0.0340. The first kappa shape index (κ1) is 29.9. The predicted octanol–water partition coefficient (Wildman–Crippen LogP) is 2.24. The maximum atomic E-state index is 13.8. The molecule has 0 radical (unpaired) electrons. The second-order valence-electron chi connectivity index (χ2n) is 10.8. The summed E-state index contributed by atoms with van der Waals surface area (Å²) in [6.45, 7) is 4.38. The van der Waals surface area contributed by atoms with Crippen molar-refractivity contribution in [3.63, 3.8) is 0 Å². The van der Waals surface area contributed by atoms with E-state index in [2.05, 4.69) is 19.9 Å². The van der Waals surface area contributed by atoms with Crippen molar-refractivity contribution >= 4 is 48.6 Å². The summed E-state index contributed by atoms with van der Waals surface area (Å²) in [5, 5.41) is 6.73. The Morgan fingerprint density at radius 1 is 1.12 bits per heavy atom. The maximum absolute atomic E-state index is 13.8. The van der Waals surface area contributed by atoms with Crippen LogP contribution in [0.2, 0.25) is 0 Å². The summed E-state index contributed by atoms with van der Waals surface area (Å²) in [5.74, 6) is -0.469. The van der Waals surface area contributed by atoms with Crippen molar-refractivity contribution in [3.05, 3.63) is 64.8 Å². The second-order valence-corrected chi connectivity index (χ2v) is 14.7. The number of sulfone groups is 1. The summed E-state index contributed by atoms with van der Waals surface area (Å²) in [6, 6.07) is 13.0. The molecule has 43 heavy (non-hydrogen) atoms. The van der Waals surface area contributed by atoms with Gasteiger partial charge in [-0.05, 0) is 35.4 Å². The lowest BCUT2D eigenvalue weighted by Crippen LogP contribution is -2.46. The quantitative estimate of drug-likeness (QED) is 0.250. The fraction of sp³-hybridized carbons (Fsp3) is 0.407. The third-order valence-corrected chi connectivity index (χ3v) is 11.1. The largest absolute Gasteiger partial charge is 0.760 e. The number of benzene rings is 2. The number of nitrogens with one attached hydrogen (secondary N) is 1. The molecule has 2 saturated heterocycles. The molecule has 2 aliphatic rings. The van der Waals surface area contributed by atoms with Crippen LogP contribution in [0.5, 0.6) is 0 Å². The van der Waals surface area contributed by atoms with Gasteiger partial charge in [0, 0.05) is 35.3 Å². The number of rotatable bonds is 10. The summed E-state index contributed by atoms with van der Waals surface area (Å²) < 4.78 is 68.5. The van der Waals surface area contributed by atoms with Crippen LogP contribution in [0.1, 0.15) is 39.3 Å². The molecule has 16 heteroatoms. The highest BCUT2D eigenvalue weighted by atomic mass is 32.2. The van der Waals surface area contributed by atoms with E-state index in [9.17, 15) is 22.0 Å². The van der Waals surface area contributed by atoms with Gasteiger partial charge in [-0.25, -0.2) is 18.1 Å². The molecule has 0 spiro atoms. The van der Waals surface area contributed by atoms with Gasteiger partial charge < -0.3 is 23.3 Å². The second kappa shape index (κ2) is 12.1. The van der Waals surface area contributed by atoms with E-state index < -0.39 is 31.8 Å². The first-order chi connectivity index (χ1) is 20.6. The van der Waals surface area contributed by atoms with Crippen molar-refractivity contribution in [2.75, 3.05) is 45.3 Å². The number of ether oxygens (including phenoxy) is 2. The van der Waals surface area contributed by atoms with Gasteiger partial charge in [-0.2, -0.15) is 0 Å². The number of hydrogen-bond acceptors (Lipinski definition) is 12. The molecule has 1 N–H and O–H groups in total. The van der Waals surface area contributed by atoms with Crippen LogP contribution in [0, 0.1) is 5.41 Å². The van der Waals surface area contributed by atoms with Gasteiger partial charge in [0.05, 0.1) is 48.9 Å². The summed E-state index contributed by atoms with van der Waals surface area (Å²) >= 11 is -1.35. The molecular formula is C27H28N5O8S3-. The third-order valence-electron chi connectivity index (χ3n) is 7.25. The van der Waals surface area contributed by atoms with Crippen LogP contribution < -0.4 is 4.72 Å². The molecule has 4 aromatic rings. The van der Waals surface area contributed by atoms with Crippen molar-refractivity contribution in [3.8, 4) is 11.1 Å². The fourth-order valence-electron chi connectivity index (χ4n) is 5.07. The van der Waals surface area contributed by atoms with Gasteiger partial charge in [-0.3, -0.25) is 9.00 Å². The van der Waals surface area contributed by atoms with Crippen LogP contribution in [0.4, 0.5) is 0 Å². The molecule has 2 atom stereocenters. The number of nitrogens with zero attached hydrogens (tertiary/aromatic N) is 4. The average Bonchev–Trinajstić information content (AvgIpc) is 3.61. The van der Waals surface area contributed by atoms with Gasteiger partial charge in [-0.1, -0.05) is 25.1 Å². The van der Waals surface area contributed by atoms with Gasteiger partial charge >= 0.3 is 0 Å². The average molecular weight is 647 g/mol. The Hall–Kier alpha value is -3.12. The van der Waals surface area contributed by atoms with Crippen molar-refractivity contribution < 1.29 is 35.9 Å². The number of carbonyl (C=O) groups excluding carboxylic acids is 1. The summed E-state index contributed by atoms with van der Waals surface area (Å²) in [7, 11) is -3.91. The first-order valence-corrected chi connectivity index (χ1v) is 17.0.